The van der Waals surface area contributed by atoms with Crippen LogP contribution < -0.4 is 4.74 Å². The summed E-state index contributed by atoms with van der Waals surface area (Å²) in [7, 11) is 1.56. The van der Waals surface area contributed by atoms with Crippen molar-refractivity contribution in [3.05, 3.63) is 29.8 Å². The van der Waals surface area contributed by atoms with E-state index in [9.17, 15) is 4.79 Å². The van der Waals surface area contributed by atoms with Crippen LogP contribution in [-0.2, 0) is 0 Å². The number of aliphatic hydroxyl groups is 1. The highest BCUT2D eigenvalue weighted by Crippen LogP contribution is 2.20. The molecule has 0 aromatic heterocycles. The Morgan fingerprint density at radius 3 is 2.61 bits per heavy atom. The molecule has 0 saturated carbocycles. The minimum Gasteiger partial charge on any atom is -0.496 e. The lowest BCUT2D eigenvalue weighted by molar-refractivity contribution is 0.0690. The van der Waals surface area contributed by atoms with Crippen LogP contribution in [0, 0.1) is 0 Å². The molecule has 0 fully saturated rings. The SMILES string of the molecule is COc1ccccc1C(=O)N(CCCO)C(C)C. The second-order valence-corrected chi connectivity index (χ2v) is 4.37. The summed E-state index contributed by atoms with van der Waals surface area (Å²) >= 11 is 0. The minimum atomic E-state index is -0.0594. The van der Waals surface area contributed by atoms with Gasteiger partial charge in [0.25, 0.3) is 5.91 Å². The largest absolute Gasteiger partial charge is 0.496 e. The van der Waals surface area contributed by atoms with Gasteiger partial charge < -0.3 is 14.7 Å². The molecule has 1 aromatic carbocycles. The van der Waals surface area contributed by atoms with Crippen molar-refractivity contribution < 1.29 is 14.6 Å². The van der Waals surface area contributed by atoms with E-state index in [4.69, 9.17) is 9.84 Å². The fraction of sp³-hybridized carbons (Fsp3) is 0.500. The van der Waals surface area contributed by atoms with Crippen molar-refractivity contribution in [3.8, 4) is 5.75 Å². The number of para-hydroxylation sites is 1. The first kappa shape index (κ1) is 14.5. The standard InChI is InChI=1S/C14H21NO3/c1-11(2)15(9-6-10-16)14(17)12-7-4-5-8-13(12)18-3/h4-5,7-8,11,16H,6,9-10H2,1-3H3. The predicted octanol–water partition coefficient (Wildman–Crippen LogP) is 1.93. The van der Waals surface area contributed by atoms with Gasteiger partial charge in [-0.15, -0.1) is 0 Å². The number of methoxy groups -OCH3 is 1. The Bertz CT molecular complexity index is 390. The van der Waals surface area contributed by atoms with Crippen LogP contribution in [0.4, 0.5) is 0 Å². The molecular formula is C14H21NO3. The van der Waals surface area contributed by atoms with E-state index in [1.807, 2.05) is 26.0 Å². The Hall–Kier alpha value is -1.55. The third-order valence-electron chi connectivity index (χ3n) is 2.78. The molecule has 100 valence electrons. The van der Waals surface area contributed by atoms with Gasteiger partial charge in [-0.1, -0.05) is 12.1 Å². The number of carbonyl (C=O) groups is 1. The van der Waals surface area contributed by atoms with Crippen LogP contribution in [0.25, 0.3) is 0 Å². The van der Waals surface area contributed by atoms with Gasteiger partial charge in [0.2, 0.25) is 0 Å². The molecule has 1 amide bonds. The molecule has 0 spiro atoms. The van der Waals surface area contributed by atoms with Crippen molar-refractivity contribution in [1.29, 1.82) is 0 Å². The Morgan fingerprint density at radius 1 is 1.39 bits per heavy atom. The topological polar surface area (TPSA) is 49.8 Å². The number of hydrogen-bond acceptors (Lipinski definition) is 3. The zero-order chi connectivity index (χ0) is 13.5. The maximum Gasteiger partial charge on any atom is 0.257 e. The maximum atomic E-state index is 12.4. The summed E-state index contributed by atoms with van der Waals surface area (Å²) in [4.78, 5) is 14.2. The van der Waals surface area contributed by atoms with E-state index in [-0.39, 0.29) is 18.6 Å². The first-order valence-electron chi connectivity index (χ1n) is 6.16. The highest BCUT2D eigenvalue weighted by atomic mass is 16.5. The van der Waals surface area contributed by atoms with Gasteiger partial charge in [-0.2, -0.15) is 0 Å². The molecule has 1 N–H and O–H groups in total. The fourth-order valence-electron chi connectivity index (χ4n) is 1.81. The summed E-state index contributed by atoms with van der Waals surface area (Å²) in [6, 6.07) is 7.28. The molecule has 0 unspecified atom stereocenters. The summed E-state index contributed by atoms with van der Waals surface area (Å²) in [5.41, 5.74) is 0.562. The van der Waals surface area contributed by atoms with E-state index in [0.717, 1.165) is 0 Å². The van der Waals surface area contributed by atoms with Crippen molar-refractivity contribution in [2.24, 2.45) is 0 Å². The van der Waals surface area contributed by atoms with Crippen LogP contribution in [-0.4, -0.2) is 42.2 Å². The highest BCUT2D eigenvalue weighted by Gasteiger charge is 2.20. The number of rotatable bonds is 6. The van der Waals surface area contributed by atoms with E-state index in [2.05, 4.69) is 0 Å². The molecule has 0 saturated heterocycles. The van der Waals surface area contributed by atoms with Crippen molar-refractivity contribution >= 4 is 5.91 Å². The monoisotopic (exact) mass is 251 g/mol. The lowest BCUT2D eigenvalue weighted by Crippen LogP contribution is -2.38. The maximum absolute atomic E-state index is 12.4. The summed E-state index contributed by atoms with van der Waals surface area (Å²) < 4.78 is 5.20. The number of aliphatic hydroxyl groups excluding tert-OH is 1. The first-order valence-corrected chi connectivity index (χ1v) is 6.16. The molecule has 0 aliphatic heterocycles. The number of amides is 1. The molecule has 0 aliphatic carbocycles. The van der Waals surface area contributed by atoms with E-state index < -0.39 is 0 Å². The molecule has 4 heteroatoms. The van der Waals surface area contributed by atoms with Gasteiger partial charge in [-0.25, -0.2) is 0 Å². The Morgan fingerprint density at radius 2 is 2.06 bits per heavy atom. The second-order valence-electron chi connectivity index (χ2n) is 4.37. The Labute approximate surface area is 108 Å². The number of hydrogen-bond donors (Lipinski definition) is 1. The van der Waals surface area contributed by atoms with E-state index >= 15 is 0 Å². The van der Waals surface area contributed by atoms with Crippen molar-refractivity contribution in [1.82, 2.24) is 4.90 Å². The summed E-state index contributed by atoms with van der Waals surface area (Å²) in [5, 5.41) is 8.89. The van der Waals surface area contributed by atoms with E-state index in [1.165, 1.54) is 0 Å². The third-order valence-corrected chi connectivity index (χ3v) is 2.78. The number of carbonyl (C=O) groups excluding carboxylic acids is 1. The third kappa shape index (κ3) is 3.47. The normalized spacial score (nSPS) is 10.5. The minimum absolute atomic E-state index is 0.0594. The first-order chi connectivity index (χ1) is 8.61. The molecule has 18 heavy (non-hydrogen) atoms. The van der Waals surface area contributed by atoms with Crippen molar-refractivity contribution in [2.75, 3.05) is 20.3 Å². The van der Waals surface area contributed by atoms with Gasteiger partial charge in [0.15, 0.2) is 0 Å². The van der Waals surface area contributed by atoms with Gasteiger partial charge in [-0.05, 0) is 32.4 Å². The molecule has 0 bridgehead atoms. The molecule has 0 heterocycles. The molecule has 0 aliphatic rings. The van der Waals surface area contributed by atoms with Crippen LogP contribution in [0.1, 0.15) is 30.6 Å². The van der Waals surface area contributed by atoms with Crippen LogP contribution in [0.3, 0.4) is 0 Å². The zero-order valence-corrected chi connectivity index (χ0v) is 11.2. The van der Waals surface area contributed by atoms with E-state index in [0.29, 0.717) is 24.3 Å². The molecule has 4 nitrogen and oxygen atoms in total. The lowest BCUT2D eigenvalue weighted by Gasteiger charge is -2.27. The number of nitrogens with zero attached hydrogens (tertiary/aromatic N) is 1. The highest BCUT2D eigenvalue weighted by molar-refractivity contribution is 5.97. The van der Waals surface area contributed by atoms with Crippen LogP contribution in [0.15, 0.2) is 24.3 Å². The molecule has 0 atom stereocenters. The summed E-state index contributed by atoms with van der Waals surface area (Å²) in [5.74, 6) is 0.521. The quantitative estimate of drug-likeness (QED) is 0.840. The molecular weight excluding hydrogens is 230 g/mol. The van der Waals surface area contributed by atoms with Gasteiger partial charge in [0.05, 0.1) is 12.7 Å². The average molecular weight is 251 g/mol. The molecule has 1 rings (SSSR count). The number of benzene rings is 1. The van der Waals surface area contributed by atoms with E-state index in [1.54, 1.807) is 24.1 Å². The second kappa shape index (κ2) is 7.01. The van der Waals surface area contributed by atoms with Gasteiger partial charge >= 0.3 is 0 Å². The lowest BCUT2D eigenvalue weighted by atomic mass is 10.1. The van der Waals surface area contributed by atoms with Crippen LogP contribution >= 0.6 is 0 Å². The Balaban J connectivity index is 2.94. The molecule has 0 radical (unpaired) electrons. The Kier molecular flexibility index (Phi) is 5.65. The number of ether oxygens (including phenoxy) is 1. The van der Waals surface area contributed by atoms with Gasteiger partial charge in [0.1, 0.15) is 5.75 Å². The predicted molar refractivity (Wildman–Crippen MR) is 70.9 cm³/mol. The van der Waals surface area contributed by atoms with Gasteiger partial charge in [-0.3, -0.25) is 4.79 Å². The van der Waals surface area contributed by atoms with Crippen LogP contribution in [0.5, 0.6) is 5.75 Å². The smallest absolute Gasteiger partial charge is 0.257 e. The average Bonchev–Trinajstić information content (AvgIpc) is 2.38. The van der Waals surface area contributed by atoms with Gasteiger partial charge in [0, 0.05) is 19.2 Å². The van der Waals surface area contributed by atoms with Crippen molar-refractivity contribution in [3.63, 3.8) is 0 Å². The molecule has 1 aromatic rings. The summed E-state index contributed by atoms with van der Waals surface area (Å²) in [6.07, 6.45) is 0.582. The fourth-order valence-corrected chi connectivity index (χ4v) is 1.81. The summed E-state index contributed by atoms with van der Waals surface area (Å²) in [6.45, 7) is 4.56. The van der Waals surface area contributed by atoms with Crippen molar-refractivity contribution in [2.45, 2.75) is 26.3 Å². The zero-order valence-electron chi connectivity index (χ0n) is 11.2. The van der Waals surface area contributed by atoms with Crippen LogP contribution in [0.2, 0.25) is 0 Å².